The van der Waals surface area contributed by atoms with Crippen molar-refractivity contribution in [1.29, 1.82) is 0 Å². The number of nitrogens with one attached hydrogen (secondary N) is 1. The highest BCUT2D eigenvalue weighted by Gasteiger charge is 2.19. The van der Waals surface area contributed by atoms with Gasteiger partial charge in [0.1, 0.15) is 5.75 Å². The first-order valence-corrected chi connectivity index (χ1v) is 8.24. The Morgan fingerprint density at radius 3 is 2.81 bits per heavy atom. The molecule has 1 heterocycles. The van der Waals surface area contributed by atoms with E-state index in [9.17, 15) is 0 Å². The van der Waals surface area contributed by atoms with Crippen molar-refractivity contribution in [2.24, 2.45) is 5.92 Å². The normalized spacial score (nSPS) is 18.7. The van der Waals surface area contributed by atoms with Crippen molar-refractivity contribution >= 4 is 11.6 Å². The number of halogens is 1. The molecule has 1 N–H and O–H groups in total. The summed E-state index contributed by atoms with van der Waals surface area (Å²) < 4.78 is 5.22. The van der Waals surface area contributed by atoms with Gasteiger partial charge in [-0.2, -0.15) is 0 Å². The summed E-state index contributed by atoms with van der Waals surface area (Å²) in [5.41, 5.74) is 1.25. The first-order valence-electron chi connectivity index (χ1n) is 7.86. The van der Waals surface area contributed by atoms with Crippen molar-refractivity contribution in [2.75, 3.05) is 26.7 Å². The second kappa shape index (κ2) is 8.02. The highest BCUT2D eigenvalue weighted by atomic mass is 35.5. The van der Waals surface area contributed by atoms with Crippen LogP contribution in [0.3, 0.4) is 0 Å². The second-order valence-electron chi connectivity index (χ2n) is 6.35. The number of nitrogens with zero attached hydrogens (tertiary/aromatic N) is 1. The highest BCUT2D eigenvalue weighted by molar-refractivity contribution is 6.32. The zero-order valence-electron chi connectivity index (χ0n) is 13.4. The minimum atomic E-state index is 0.637. The van der Waals surface area contributed by atoms with Crippen molar-refractivity contribution in [3.05, 3.63) is 28.8 Å². The van der Waals surface area contributed by atoms with Crippen molar-refractivity contribution in [1.82, 2.24) is 10.2 Å². The molecule has 1 aliphatic rings. The summed E-state index contributed by atoms with van der Waals surface area (Å²) in [7, 11) is 1.65. The van der Waals surface area contributed by atoms with E-state index in [-0.39, 0.29) is 0 Å². The van der Waals surface area contributed by atoms with Crippen LogP contribution in [0.25, 0.3) is 0 Å². The molecule has 0 bridgehead atoms. The van der Waals surface area contributed by atoms with Crippen LogP contribution in [0.4, 0.5) is 0 Å². The predicted molar refractivity (Wildman–Crippen MR) is 89.1 cm³/mol. The first kappa shape index (κ1) is 16.6. The van der Waals surface area contributed by atoms with Crippen molar-refractivity contribution in [2.45, 2.75) is 39.3 Å². The molecule has 1 saturated heterocycles. The van der Waals surface area contributed by atoms with E-state index >= 15 is 0 Å². The van der Waals surface area contributed by atoms with Gasteiger partial charge in [-0.15, -0.1) is 0 Å². The summed E-state index contributed by atoms with van der Waals surface area (Å²) in [6, 6.07) is 6.73. The average Bonchev–Trinajstić information content (AvgIpc) is 2.91. The van der Waals surface area contributed by atoms with Gasteiger partial charge in [-0.25, -0.2) is 0 Å². The van der Waals surface area contributed by atoms with E-state index in [1.165, 1.54) is 18.4 Å². The molecule has 0 spiro atoms. The molecule has 0 aromatic heterocycles. The lowest BCUT2D eigenvalue weighted by molar-refractivity contribution is 0.216. The molecule has 1 aromatic rings. The van der Waals surface area contributed by atoms with E-state index in [2.05, 4.69) is 30.1 Å². The fraction of sp³-hybridized carbons (Fsp3) is 0.647. The topological polar surface area (TPSA) is 24.5 Å². The summed E-state index contributed by atoms with van der Waals surface area (Å²) in [6.07, 6.45) is 2.59. The molecule has 1 aromatic carbocycles. The Balaban J connectivity index is 2.00. The third kappa shape index (κ3) is 5.17. The minimum absolute atomic E-state index is 0.637. The van der Waals surface area contributed by atoms with E-state index < -0.39 is 0 Å². The highest BCUT2D eigenvalue weighted by Crippen LogP contribution is 2.25. The Hall–Kier alpha value is -0.770. The Labute approximate surface area is 133 Å². The molecule has 1 atom stereocenters. The largest absolute Gasteiger partial charge is 0.495 e. The molecule has 0 saturated carbocycles. The molecule has 0 aliphatic carbocycles. The Morgan fingerprint density at radius 2 is 2.24 bits per heavy atom. The van der Waals surface area contributed by atoms with E-state index in [0.717, 1.165) is 31.9 Å². The van der Waals surface area contributed by atoms with E-state index in [1.54, 1.807) is 7.11 Å². The smallest absolute Gasteiger partial charge is 0.137 e. The SMILES string of the molecule is COc1ccc(CN(CC(C)C)CC2CCCN2)cc1Cl. The second-order valence-corrected chi connectivity index (χ2v) is 6.76. The Morgan fingerprint density at radius 1 is 1.43 bits per heavy atom. The molecule has 1 unspecified atom stereocenters. The van der Waals surface area contributed by atoms with Gasteiger partial charge < -0.3 is 10.1 Å². The van der Waals surface area contributed by atoms with Gasteiger partial charge in [-0.3, -0.25) is 4.90 Å². The van der Waals surface area contributed by atoms with Gasteiger partial charge in [0.05, 0.1) is 12.1 Å². The maximum absolute atomic E-state index is 6.23. The van der Waals surface area contributed by atoms with Gasteiger partial charge in [-0.05, 0) is 43.0 Å². The van der Waals surface area contributed by atoms with Crippen LogP contribution < -0.4 is 10.1 Å². The molecular weight excluding hydrogens is 284 g/mol. The molecular formula is C17H27ClN2O. The Kier molecular flexibility index (Phi) is 6.34. The minimum Gasteiger partial charge on any atom is -0.495 e. The number of hydrogen-bond donors (Lipinski definition) is 1. The average molecular weight is 311 g/mol. The molecule has 3 nitrogen and oxygen atoms in total. The third-order valence-corrected chi connectivity index (χ3v) is 4.18. The number of benzene rings is 1. The van der Waals surface area contributed by atoms with Crippen molar-refractivity contribution < 1.29 is 4.74 Å². The summed E-state index contributed by atoms with van der Waals surface area (Å²) in [6.45, 7) is 8.88. The van der Waals surface area contributed by atoms with Gasteiger partial charge in [0.15, 0.2) is 0 Å². The number of ether oxygens (including phenoxy) is 1. The van der Waals surface area contributed by atoms with Crippen LogP contribution in [0.15, 0.2) is 18.2 Å². The lowest BCUT2D eigenvalue weighted by Crippen LogP contribution is -2.38. The van der Waals surface area contributed by atoms with Crippen molar-refractivity contribution in [3.63, 3.8) is 0 Å². The van der Waals surface area contributed by atoms with Gasteiger partial charge in [0, 0.05) is 25.7 Å². The van der Waals surface area contributed by atoms with Crippen LogP contribution in [-0.4, -0.2) is 37.7 Å². The van der Waals surface area contributed by atoms with Gasteiger partial charge >= 0.3 is 0 Å². The Bertz CT molecular complexity index is 444. The van der Waals surface area contributed by atoms with Crippen LogP contribution in [0.1, 0.15) is 32.3 Å². The lowest BCUT2D eigenvalue weighted by Gasteiger charge is -2.27. The molecule has 4 heteroatoms. The van der Waals surface area contributed by atoms with Crippen LogP contribution in [0, 0.1) is 5.92 Å². The standard InChI is InChI=1S/C17H27ClN2O/c1-13(2)10-20(12-15-5-4-8-19-15)11-14-6-7-17(21-3)16(18)9-14/h6-7,9,13,15,19H,4-5,8,10-12H2,1-3H3. The molecule has 0 radical (unpaired) electrons. The summed E-state index contributed by atoms with van der Waals surface area (Å²) >= 11 is 6.23. The summed E-state index contributed by atoms with van der Waals surface area (Å²) in [5, 5.41) is 4.28. The first-order chi connectivity index (χ1) is 10.1. The maximum atomic E-state index is 6.23. The predicted octanol–water partition coefficient (Wildman–Crippen LogP) is 3.56. The van der Waals surface area contributed by atoms with Crippen LogP contribution in [0.5, 0.6) is 5.75 Å². The van der Waals surface area contributed by atoms with Crippen molar-refractivity contribution in [3.8, 4) is 5.75 Å². The molecule has 21 heavy (non-hydrogen) atoms. The summed E-state index contributed by atoms with van der Waals surface area (Å²) in [4.78, 5) is 2.53. The number of rotatable bonds is 7. The van der Waals surface area contributed by atoms with Gasteiger partial charge in [0.2, 0.25) is 0 Å². The molecule has 1 fully saturated rings. The molecule has 0 amide bonds. The molecule has 2 rings (SSSR count). The van der Waals surface area contributed by atoms with Crippen LogP contribution >= 0.6 is 11.6 Å². The third-order valence-electron chi connectivity index (χ3n) is 3.89. The van der Waals surface area contributed by atoms with E-state index in [0.29, 0.717) is 17.0 Å². The van der Waals surface area contributed by atoms with Gasteiger partial charge in [0.25, 0.3) is 0 Å². The molecule has 118 valence electrons. The molecule has 1 aliphatic heterocycles. The lowest BCUT2D eigenvalue weighted by atomic mass is 10.1. The quantitative estimate of drug-likeness (QED) is 0.833. The fourth-order valence-electron chi connectivity index (χ4n) is 3.01. The zero-order valence-corrected chi connectivity index (χ0v) is 14.1. The fourth-order valence-corrected chi connectivity index (χ4v) is 3.29. The van der Waals surface area contributed by atoms with E-state index in [1.807, 2.05) is 12.1 Å². The summed E-state index contributed by atoms with van der Waals surface area (Å²) in [5.74, 6) is 1.41. The number of hydrogen-bond acceptors (Lipinski definition) is 3. The van der Waals surface area contributed by atoms with Crippen LogP contribution in [0.2, 0.25) is 5.02 Å². The van der Waals surface area contributed by atoms with E-state index in [4.69, 9.17) is 16.3 Å². The monoisotopic (exact) mass is 310 g/mol. The zero-order chi connectivity index (χ0) is 15.2. The maximum Gasteiger partial charge on any atom is 0.137 e. The van der Waals surface area contributed by atoms with Gasteiger partial charge in [-0.1, -0.05) is 31.5 Å². The van der Waals surface area contributed by atoms with Crippen LogP contribution in [-0.2, 0) is 6.54 Å². The number of methoxy groups -OCH3 is 1.